The quantitative estimate of drug-likeness (QED) is 0.396. The topological polar surface area (TPSA) is 76.7 Å². The van der Waals surface area contributed by atoms with Crippen molar-refractivity contribution in [3.05, 3.63) is 112 Å². The number of carbonyl (C=O) groups is 2. The van der Waals surface area contributed by atoms with Gasteiger partial charge in [-0.2, -0.15) is 0 Å². The van der Waals surface area contributed by atoms with E-state index in [0.717, 1.165) is 39.3 Å². The van der Waals surface area contributed by atoms with Gasteiger partial charge in [-0.3, -0.25) is 9.59 Å². The van der Waals surface area contributed by atoms with Crippen LogP contribution in [0.5, 0.6) is 11.5 Å². The van der Waals surface area contributed by atoms with Crippen LogP contribution in [0.3, 0.4) is 0 Å². The first-order valence-corrected chi connectivity index (χ1v) is 13.2. The third-order valence-corrected chi connectivity index (χ3v) is 7.72. The first-order chi connectivity index (χ1) is 18.8. The van der Waals surface area contributed by atoms with E-state index in [0.29, 0.717) is 35.5 Å². The monoisotopic (exact) mass is 522 g/mol. The van der Waals surface area contributed by atoms with Crippen molar-refractivity contribution in [2.24, 2.45) is 0 Å². The number of Topliss-reactive ketones (excluding diaryl/α,β-unsaturated/α-hetero) is 1. The minimum Gasteiger partial charge on any atom is -0.493 e. The minimum atomic E-state index is -0.455. The Morgan fingerprint density at radius 1 is 0.872 bits per heavy atom. The molecule has 0 bridgehead atoms. The summed E-state index contributed by atoms with van der Waals surface area (Å²) in [5, 5.41) is 6.56. The van der Waals surface area contributed by atoms with Crippen LogP contribution in [0.15, 0.2) is 89.3 Å². The smallest absolute Gasteiger partial charge is 0.254 e. The Labute approximate surface area is 229 Å². The van der Waals surface area contributed by atoms with Gasteiger partial charge in [-0.15, -0.1) is 0 Å². The fourth-order valence-electron chi connectivity index (χ4n) is 5.77. The summed E-state index contributed by atoms with van der Waals surface area (Å²) in [5.41, 5.74) is 7.66. The molecule has 0 radical (unpaired) electrons. The zero-order chi connectivity index (χ0) is 27.7. The van der Waals surface area contributed by atoms with Gasteiger partial charge < -0.3 is 20.1 Å². The molecule has 6 nitrogen and oxygen atoms in total. The van der Waals surface area contributed by atoms with Gasteiger partial charge in [-0.1, -0.05) is 54.1 Å². The molecule has 0 fully saturated rings. The van der Waals surface area contributed by atoms with Crippen molar-refractivity contribution in [1.29, 1.82) is 0 Å². The van der Waals surface area contributed by atoms with Gasteiger partial charge in [0, 0.05) is 40.6 Å². The number of ether oxygens (including phenoxy) is 2. The van der Waals surface area contributed by atoms with Crippen molar-refractivity contribution in [1.82, 2.24) is 5.32 Å². The molecule has 1 aliphatic carbocycles. The van der Waals surface area contributed by atoms with Crippen LogP contribution in [0.4, 0.5) is 5.69 Å². The molecule has 0 unspecified atom stereocenters. The van der Waals surface area contributed by atoms with E-state index in [-0.39, 0.29) is 17.6 Å². The molecule has 0 saturated carbocycles. The maximum atomic E-state index is 13.9. The lowest BCUT2D eigenvalue weighted by molar-refractivity contribution is -0.116. The maximum Gasteiger partial charge on any atom is 0.254 e. The molecular weight excluding hydrogens is 488 g/mol. The van der Waals surface area contributed by atoms with E-state index >= 15 is 0 Å². The second kappa shape index (κ2) is 10.8. The Hall–Kier alpha value is -4.32. The van der Waals surface area contributed by atoms with Crippen LogP contribution in [-0.2, 0) is 9.59 Å². The van der Waals surface area contributed by atoms with Crippen molar-refractivity contribution in [3.8, 4) is 11.5 Å². The van der Waals surface area contributed by atoms with Crippen LogP contribution in [0.1, 0.15) is 53.9 Å². The zero-order valence-electron chi connectivity index (χ0n) is 23.1. The predicted molar refractivity (Wildman–Crippen MR) is 153 cm³/mol. The Balaban J connectivity index is 1.55. The molecule has 5 rings (SSSR count). The molecule has 3 aromatic carbocycles. The second-order valence-electron chi connectivity index (χ2n) is 10.3. The number of hydrogen-bond donors (Lipinski definition) is 2. The Morgan fingerprint density at radius 3 is 2.36 bits per heavy atom. The van der Waals surface area contributed by atoms with Crippen LogP contribution in [-0.4, -0.2) is 25.9 Å². The number of para-hydroxylation sites is 1. The van der Waals surface area contributed by atoms with Crippen molar-refractivity contribution >= 4 is 17.4 Å². The van der Waals surface area contributed by atoms with Crippen LogP contribution < -0.4 is 20.1 Å². The van der Waals surface area contributed by atoms with E-state index in [1.54, 1.807) is 14.2 Å². The lowest BCUT2D eigenvalue weighted by atomic mass is 9.71. The third-order valence-electron chi connectivity index (χ3n) is 7.72. The molecule has 0 saturated heterocycles. The highest BCUT2D eigenvalue weighted by molar-refractivity contribution is 6.10. The van der Waals surface area contributed by atoms with Crippen molar-refractivity contribution in [3.63, 3.8) is 0 Å². The number of carbonyl (C=O) groups excluding carboxylic acids is 2. The third kappa shape index (κ3) is 5.07. The highest BCUT2D eigenvalue weighted by atomic mass is 16.5. The number of benzene rings is 3. The summed E-state index contributed by atoms with van der Waals surface area (Å²) < 4.78 is 10.9. The molecule has 6 heteroatoms. The maximum absolute atomic E-state index is 13.9. The number of aryl methyl sites for hydroxylation is 2. The van der Waals surface area contributed by atoms with Gasteiger partial charge >= 0.3 is 0 Å². The summed E-state index contributed by atoms with van der Waals surface area (Å²) in [6.45, 7) is 5.91. The van der Waals surface area contributed by atoms with Crippen molar-refractivity contribution in [2.45, 2.75) is 45.4 Å². The number of rotatable bonds is 6. The highest BCUT2D eigenvalue weighted by Gasteiger charge is 2.41. The molecule has 1 heterocycles. The van der Waals surface area contributed by atoms with Crippen molar-refractivity contribution < 1.29 is 19.1 Å². The molecule has 1 amide bonds. The van der Waals surface area contributed by atoms with E-state index < -0.39 is 5.92 Å². The van der Waals surface area contributed by atoms with E-state index in [2.05, 4.69) is 16.7 Å². The number of amides is 1. The number of dihydropyridines is 1. The average Bonchev–Trinajstić information content (AvgIpc) is 2.92. The summed E-state index contributed by atoms with van der Waals surface area (Å²) in [4.78, 5) is 27.8. The minimum absolute atomic E-state index is 0.0168. The molecule has 0 spiro atoms. The summed E-state index contributed by atoms with van der Waals surface area (Å²) in [6, 6.07) is 21.6. The Morgan fingerprint density at radius 2 is 1.64 bits per heavy atom. The lowest BCUT2D eigenvalue weighted by Crippen LogP contribution is -2.37. The van der Waals surface area contributed by atoms with Gasteiger partial charge in [0.05, 0.1) is 14.2 Å². The lowest BCUT2D eigenvalue weighted by Gasteiger charge is -2.37. The van der Waals surface area contributed by atoms with Crippen molar-refractivity contribution in [2.75, 3.05) is 19.5 Å². The largest absolute Gasteiger partial charge is 0.493 e. The van der Waals surface area contributed by atoms with Gasteiger partial charge in [-0.25, -0.2) is 0 Å². The Bertz CT molecular complexity index is 1520. The fourth-order valence-corrected chi connectivity index (χ4v) is 5.77. The van der Waals surface area contributed by atoms with Crippen LogP contribution >= 0.6 is 0 Å². The summed E-state index contributed by atoms with van der Waals surface area (Å²) in [7, 11) is 3.22. The van der Waals surface area contributed by atoms with Gasteiger partial charge in [0.1, 0.15) is 0 Å². The van der Waals surface area contributed by atoms with E-state index in [1.807, 2.05) is 81.4 Å². The first kappa shape index (κ1) is 26.3. The molecular formula is C33H34N2O4. The van der Waals surface area contributed by atoms with Gasteiger partial charge in [0.15, 0.2) is 17.3 Å². The molecule has 2 atom stereocenters. The zero-order valence-corrected chi connectivity index (χ0v) is 23.1. The molecule has 39 heavy (non-hydrogen) atoms. The molecule has 3 aromatic rings. The molecule has 2 aliphatic rings. The number of nitrogens with one attached hydrogen (secondary N) is 2. The fraction of sp³-hybridized carbons (Fsp3) is 0.273. The van der Waals surface area contributed by atoms with Gasteiger partial charge in [-0.05, 0) is 68.0 Å². The van der Waals surface area contributed by atoms with E-state index in [1.165, 1.54) is 0 Å². The number of allylic oxidation sites excluding steroid dienone is 3. The second-order valence-corrected chi connectivity index (χ2v) is 10.3. The average molecular weight is 523 g/mol. The summed E-state index contributed by atoms with van der Waals surface area (Å²) in [5.74, 6) is 0.663. The number of anilines is 1. The number of hydrogen-bond acceptors (Lipinski definition) is 5. The van der Waals surface area contributed by atoms with Crippen LogP contribution in [0.25, 0.3) is 0 Å². The van der Waals surface area contributed by atoms with Gasteiger partial charge in [0.25, 0.3) is 5.91 Å². The standard InChI is InChI=1S/C33H34N2O4/c1-19-9-8-11-23(15-19)31-30(33(37)35-25-12-7-6-10-20(25)2)21(3)34-26-16-24(17-27(36)32(26)31)22-13-14-28(38-4)29(18-22)39-5/h6-15,18,24,31,34H,16-17H2,1-5H3,(H,35,37)/t24-,31+/m0/s1. The van der Waals surface area contributed by atoms with E-state index in [9.17, 15) is 9.59 Å². The highest BCUT2D eigenvalue weighted by Crippen LogP contribution is 2.46. The Kier molecular flexibility index (Phi) is 7.29. The first-order valence-electron chi connectivity index (χ1n) is 13.2. The molecule has 1 aliphatic heterocycles. The van der Waals surface area contributed by atoms with Crippen LogP contribution in [0.2, 0.25) is 0 Å². The number of methoxy groups -OCH3 is 2. The molecule has 2 N–H and O–H groups in total. The summed E-state index contributed by atoms with van der Waals surface area (Å²) in [6.07, 6.45) is 1.01. The molecule has 200 valence electrons. The van der Waals surface area contributed by atoms with Crippen LogP contribution in [0, 0.1) is 13.8 Å². The predicted octanol–water partition coefficient (Wildman–Crippen LogP) is 6.32. The normalized spacial score (nSPS) is 18.8. The molecule has 0 aromatic heterocycles. The number of ketones is 1. The summed E-state index contributed by atoms with van der Waals surface area (Å²) >= 11 is 0. The SMILES string of the molecule is COc1ccc([C@@H]2CC(=O)C3=C(C2)NC(C)=C(C(=O)Nc2ccccc2C)[C@H]3c2cccc(C)c2)cc1OC. The van der Waals surface area contributed by atoms with Gasteiger partial charge in [0.2, 0.25) is 0 Å². The van der Waals surface area contributed by atoms with E-state index in [4.69, 9.17) is 9.47 Å².